The molecule has 1 aliphatic carbocycles. The number of nitrogens with one attached hydrogen (secondary N) is 1. The molecular formula is C16H27N3O. The van der Waals surface area contributed by atoms with Crippen molar-refractivity contribution in [1.82, 2.24) is 15.1 Å². The summed E-state index contributed by atoms with van der Waals surface area (Å²) < 4.78 is 0. The summed E-state index contributed by atoms with van der Waals surface area (Å²) in [6.07, 6.45) is 7.05. The van der Waals surface area contributed by atoms with Crippen LogP contribution in [0, 0.1) is 19.8 Å². The third-order valence-electron chi connectivity index (χ3n) is 4.82. The molecule has 1 unspecified atom stereocenters. The van der Waals surface area contributed by atoms with Gasteiger partial charge in [0.05, 0.1) is 11.7 Å². The summed E-state index contributed by atoms with van der Waals surface area (Å²) >= 11 is 0. The summed E-state index contributed by atoms with van der Waals surface area (Å²) in [6.45, 7) is 6.09. The molecule has 1 amide bonds. The average Bonchev–Trinajstić information content (AvgIpc) is 3.05. The Kier molecular flexibility index (Phi) is 4.84. The number of amides is 1. The van der Waals surface area contributed by atoms with Crippen molar-refractivity contribution in [1.29, 1.82) is 0 Å². The molecule has 1 saturated carbocycles. The molecule has 1 aromatic heterocycles. The number of aryl methyl sites for hydroxylation is 2. The number of hydrogen-bond acceptors (Lipinski definition) is 2. The van der Waals surface area contributed by atoms with Crippen LogP contribution in [0.15, 0.2) is 0 Å². The molecule has 112 valence electrons. The minimum atomic E-state index is 0.0878. The Balaban J connectivity index is 1.92. The molecule has 1 aromatic rings. The molecule has 4 heteroatoms. The van der Waals surface area contributed by atoms with Gasteiger partial charge in [-0.05, 0) is 33.1 Å². The van der Waals surface area contributed by atoms with E-state index in [0.29, 0.717) is 6.42 Å². The molecular weight excluding hydrogens is 250 g/mol. The van der Waals surface area contributed by atoms with Crippen LogP contribution < -0.4 is 0 Å². The first-order valence-electron chi connectivity index (χ1n) is 7.77. The predicted octanol–water partition coefficient (Wildman–Crippen LogP) is 3.52. The Morgan fingerprint density at radius 1 is 1.40 bits per heavy atom. The Morgan fingerprint density at radius 3 is 2.60 bits per heavy atom. The zero-order chi connectivity index (χ0) is 14.7. The first-order chi connectivity index (χ1) is 9.50. The van der Waals surface area contributed by atoms with Crippen LogP contribution in [0.1, 0.15) is 68.4 Å². The molecule has 0 spiro atoms. The summed E-state index contributed by atoms with van der Waals surface area (Å²) in [6, 6.07) is 0.0878. The van der Waals surface area contributed by atoms with Gasteiger partial charge in [-0.3, -0.25) is 9.89 Å². The third-order valence-corrected chi connectivity index (χ3v) is 4.82. The van der Waals surface area contributed by atoms with Crippen molar-refractivity contribution in [3.8, 4) is 0 Å². The maximum atomic E-state index is 12.4. The highest BCUT2D eigenvalue weighted by Gasteiger charge is 2.23. The zero-order valence-electron chi connectivity index (χ0n) is 13.2. The number of nitrogens with zero attached hydrogens (tertiary/aromatic N) is 2. The maximum Gasteiger partial charge on any atom is 0.222 e. The SMILES string of the molecule is Cc1n[nH]c(C)c1C(C)N(C)C(=O)CCC1CCCC1. The van der Waals surface area contributed by atoms with E-state index in [1.165, 1.54) is 25.7 Å². The first-order valence-corrected chi connectivity index (χ1v) is 7.77. The van der Waals surface area contributed by atoms with Crippen molar-refractivity contribution < 1.29 is 4.79 Å². The van der Waals surface area contributed by atoms with E-state index in [-0.39, 0.29) is 11.9 Å². The minimum Gasteiger partial charge on any atom is -0.339 e. The van der Waals surface area contributed by atoms with Gasteiger partial charge in [-0.25, -0.2) is 0 Å². The normalized spacial score (nSPS) is 17.4. The number of carbonyl (C=O) groups excluding carboxylic acids is 1. The lowest BCUT2D eigenvalue weighted by Gasteiger charge is -2.26. The zero-order valence-corrected chi connectivity index (χ0v) is 13.2. The smallest absolute Gasteiger partial charge is 0.222 e. The average molecular weight is 277 g/mol. The topological polar surface area (TPSA) is 49.0 Å². The molecule has 1 N–H and O–H groups in total. The van der Waals surface area contributed by atoms with E-state index in [2.05, 4.69) is 17.1 Å². The first kappa shape index (κ1) is 15.1. The molecule has 1 aliphatic rings. The lowest BCUT2D eigenvalue weighted by Crippen LogP contribution is -2.30. The molecule has 20 heavy (non-hydrogen) atoms. The van der Waals surface area contributed by atoms with Crippen LogP contribution in [-0.4, -0.2) is 28.1 Å². The number of H-pyrrole nitrogens is 1. The Hall–Kier alpha value is -1.32. The molecule has 4 nitrogen and oxygen atoms in total. The number of hydrogen-bond donors (Lipinski definition) is 1. The van der Waals surface area contributed by atoms with Crippen LogP contribution in [0.2, 0.25) is 0 Å². The lowest BCUT2D eigenvalue weighted by molar-refractivity contribution is -0.132. The number of aromatic amines is 1. The highest BCUT2D eigenvalue weighted by Crippen LogP contribution is 2.30. The Morgan fingerprint density at radius 2 is 2.05 bits per heavy atom. The summed E-state index contributed by atoms with van der Waals surface area (Å²) in [5.41, 5.74) is 3.21. The van der Waals surface area contributed by atoms with Crippen molar-refractivity contribution >= 4 is 5.91 Å². The van der Waals surface area contributed by atoms with Crippen molar-refractivity contribution in [3.05, 3.63) is 17.0 Å². The van der Waals surface area contributed by atoms with Crippen LogP contribution in [0.4, 0.5) is 0 Å². The fourth-order valence-corrected chi connectivity index (χ4v) is 3.39. The quantitative estimate of drug-likeness (QED) is 0.895. The summed E-state index contributed by atoms with van der Waals surface area (Å²) in [4.78, 5) is 14.2. The van der Waals surface area contributed by atoms with Crippen LogP contribution in [0.3, 0.4) is 0 Å². The fraction of sp³-hybridized carbons (Fsp3) is 0.750. The van der Waals surface area contributed by atoms with Gasteiger partial charge < -0.3 is 4.90 Å². The number of rotatable bonds is 5. The Bertz CT molecular complexity index is 441. The molecule has 1 atom stereocenters. The van der Waals surface area contributed by atoms with Gasteiger partial charge in [0.1, 0.15) is 0 Å². The maximum absolute atomic E-state index is 12.4. The van der Waals surface area contributed by atoms with E-state index in [0.717, 1.165) is 29.3 Å². The van der Waals surface area contributed by atoms with Crippen molar-refractivity contribution in [2.45, 2.75) is 65.3 Å². The van der Waals surface area contributed by atoms with Gasteiger partial charge in [-0.2, -0.15) is 5.10 Å². The summed E-state index contributed by atoms with van der Waals surface area (Å²) in [5.74, 6) is 1.03. The summed E-state index contributed by atoms with van der Waals surface area (Å²) in [7, 11) is 1.91. The Labute approximate surface area is 121 Å². The van der Waals surface area contributed by atoms with Crippen molar-refractivity contribution in [3.63, 3.8) is 0 Å². The molecule has 0 aromatic carbocycles. The largest absolute Gasteiger partial charge is 0.339 e. The van der Waals surface area contributed by atoms with Crippen LogP contribution in [-0.2, 0) is 4.79 Å². The van der Waals surface area contributed by atoms with E-state index in [9.17, 15) is 4.79 Å². The molecule has 1 heterocycles. The molecule has 1 fully saturated rings. The highest BCUT2D eigenvalue weighted by molar-refractivity contribution is 5.76. The van der Waals surface area contributed by atoms with Gasteiger partial charge >= 0.3 is 0 Å². The van der Waals surface area contributed by atoms with Gasteiger partial charge in [0.15, 0.2) is 0 Å². The minimum absolute atomic E-state index is 0.0878. The fourth-order valence-electron chi connectivity index (χ4n) is 3.39. The molecule has 0 aliphatic heterocycles. The van der Waals surface area contributed by atoms with Gasteiger partial charge in [0.25, 0.3) is 0 Å². The van der Waals surface area contributed by atoms with Crippen molar-refractivity contribution in [2.24, 2.45) is 5.92 Å². The molecule has 2 rings (SSSR count). The molecule has 0 saturated heterocycles. The van der Waals surface area contributed by atoms with Crippen LogP contribution in [0.5, 0.6) is 0 Å². The van der Waals surface area contributed by atoms with Gasteiger partial charge in [0.2, 0.25) is 5.91 Å². The molecule has 0 bridgehead atoms. The molecule has 0 radical (unpaired) electrons. The van der Waals surface area contributed by atoms with E-state index >= 15 is 0 Å². The highest BCUT2D eigenvalue weighted by atomic mass is 16.2. The number of carbonyl (C=O) groups is 1. The predicted molar refractivity (Wildman–Crippen MR) is 80.4 cm³/mol. The standard InChI is InChI=1S/C16H27N3O/c1-11-16(12(2)18-17-11)13(3)19(4)15(20)10-9-14-7-5-6-8-14/h13-14H,5-10H2,1-4H3,(H,17,18). The van der Waals surface area contributed by atoms with Gasteiger partial charge in [-0.1, -0.05) is 25.7 Å². The van der Waals surface area contributed by atoms with E-state index < -0.39 is 0 Å². The number of aromatic nitrogens is 2. The van der Waals surface area contributed by atoms with Crippen molar-refractivity contribution in [2.75, 3.05) is 7.05 Å². The second kappa shape index (κ2) is 6.42. The van der Waals surface area contributed by atoms with Crippen LogP contribution >= 0.6 is 0 Å². The van der Waals surface area contributed by atoms with E-state index in [4.69, 9.17) is 0 Å². The summed E-state index contributed by atoms with van der Waals surface area (Å²) in [5, 5.41) is 7.23. The van der Waals surface area contributed by atoms with Gasteiger partial charge in [-0.15, -0.1) is 0 Å². The second-order valence-corrected chi connectivity index (χ2v) is 6.22. The van der Waals surface area contributed by atoms with E-state index in [1.54, 1.807) is 0 Å². The second-order valence-electron chi connectivity index (χ2n) is 6.22. The van der Waals surface area contributed by atoms with Crippen LogP contribution in [0.25, 0.3) is 0 Å². The third kappa shape index (κ3) is 3.22. The van der Waals surface area contributed by atoms with E-state index in [1.807, 2.05) is 25.8 Å². The van der Waals surface area contributed by atoms with Gasteiger partial charge in [0, 0.05) is 24.7 Å². The monoisotopic (exact) mass is 277 g/mol. The lowest BCUT2D eigenvalue weighted by atomic mass is 10.0.